The van der Waals surface area contributed by atoms with E-state index in [0.717, 1.165) is 6.42 Å². The van der Waals surface area contributed by atoms with Crippen LogP contribution in [0.15, 0.2) is 35.4 Å². The predicted molar refractivity (Wildman–Crippen MR) is 77.6 cm³/mol. The average Bonchev–Trinajstić information content (AvgIpc) is 2.67. The van der Waals surface area contributed by atoms with Gasteiger partial charge in [-0.15, -0.1) is 0 Å². The molecule has 124 valence electrons. The van der Waals surface area contributed by atoms with E-state index in [-0.39, 0.29) is 18.4 Å². The van der Waals surface area contributed by atoms with Crippen LogP contribution in [0.5, 0.6) is 0 Å². The van der Waals surface area contributed by atoms with Crippen molar-refractivity contribution in [3.8, 4) is 0 Å². The van der Waals surface area contributed by atoms with Crippen LogP contribution in [0.1, 0.15) is 42.5 Å². The minimum atomic E-state index is -4.66. The van der Waals surface area contributed by atoms with Gasteiger partial charge in [0.25, 0.3) is 5.91 Å². The summed E-state index contributed by atoms with van der Waals surface area (Å²) < 4.78 is 39.9. The molecule has 1 N–H and O–H groups in total. The lowest BCUT2D eigenvalue weighted by atomic mass is 9.87. The zero-order valence-electron chi connectivity index (χ0n) is 12.4. The SMILES string of the molecule is O=C(c1ccccc1)N1N=C(C(F)(F)F)[C@H]2CCCCC[C@@]21O. The number of aliphatic hydroxyl groups is 1. The van der Waals surface area contributed by atoms with Crippen molar-refractivity contribution in [2.75, 3.05) is 0 Å². The Balaban J connectivity index is 2.03. The molecule has 1 heterocycles. The molecular formula is C16H17F3N2O2. The third-order valence-corrected chi connectivity index (χ3v) is 4.50. The first kappa shape index (κ1) is 16.0. The maximum atomic E-state index is 13.3. The summed E-state index contributed by atoms with van der Waals surface area (Å²) in [7, 11) is 0. The number of fused-ring (bicyclic) bond motifs is 1. The average molecular weight is 326 g/mol. The second kappa shape index (κ2) is 5.63. The van der Waals surface area contributed by atoms with Gasteiger partial charge in [0.05, 0.1) is 5.92 Å². The van der Waals surface area contributed by atoms with Crippen LogP contribution in [-0.4, -0.2) is 33.6 Å². The normalized spacial score (nSPS) is 28.1. The summed E-state index contributed by atoms with van der Waals surface area (Å²) >= 11 is 0. The van der Waals surface area contributed by atoms with E-state index < -0.39 is 29.4 Å². The van der Waals surface area contributed by atoms with E-state index in [2.05, 4.69) is 5.10 Å². The van der Waals surface area contributed by atoms with Gasteiger partial charge in [-0.2, -0.15) is 23.3 Å². The van der Waals surface area contributed by atoms with E-state index in [1.165, 1.54) is 12.1 Å². The van der Waals surface area contributed by atoms with Crippen molar-refractivity contribution in [3.63, 3.8) is 0 Å². The van der Waals surface area contributed by atoms with Crippen molar-refractivity contribution in [1.82, 2.24) is 5.01 Å². The quantitative estimate of drug-likeness (QED) is 0.860. The fourth-order valence-corrected chi connectivity index (χ4v) is 3.37. The van der Waals surface area contributed by atoms with Gasteiger partial charge in [-0.05, 0) is 31.4 Å². The third-order valence-electron chi connectivity index (χ3n) is 4.50. The van der Waals surface area contributed by atoms with Gasteiger partial charge in [0.1, 0.15) is 5.71 Å². The van der Waals surface area contributed by atoms with Crippen LogP contribution in [0.25, 0.3) is 0 Å². The second-order valence-corrected chi connectivity index (χ2v) is 6.00. The maximum Gasteiger partial charge on any atom is 0.431 e. The number of carbonyl (C=O) groups is 1. The largest absolute Gasteiger partial charge is 0.431 e. The van der Waals surface area contributed by atoms with E-state index in [1.807, 2.05) is 0 Å². The Morgan fingerprint density at radius 1 is 1.22 bits per heavy atom. The summed E-state index contributed by atoms with van der Waals surface area (Å²) in [6.45, 7) is 0. The topological polar surface area (TPSA) is 52.9 Å². The summed E-state index contributed by atoms with van der Waals surface area (Å²) in [5.74, 6) is -1.89. The van der Waals surface area contributed by atoms with Gasteiger partial charge in [0.15, 0.2) is 5.72 Å². The number of hydrogen-bond acceptors (Lipinski definition) is 3. The van der Waals surface area contributed by atoms with Gasteiger partial charge in [-0.25, -0.2) is 0 Å². The van der Waals surface area contributed by atoms with Crippen LogP contribution in [0.4, 0.5) is 13.2 Å². The van der Waals surface area contributed by atoms with Crippen molar-refractivity contribution < 1.29 is 23.1 Å². The first-order chi connectivity index (χ1) is 10.8. The number of hydrogen-bond donors (Lipinski definition) is 1. The van der Waals surface area contributed by atoms with E-state index in [4.69, 9.17) is 0 Å². The van der Waals surface area contributed by atoms with Crippen LogP contribution in [0.2, 0.25) is 0 Å². The fourth-order valence-electron chi connectivity index (χ4n) is 3.37. The highest BCUT2D eigenvalue weighted by molar-refractivity contribution is 6.00. The predicted octanol–water partition coefficient (Wildman–Crippen LogP) is 3.33. The van der Waals surface area contributed by atoms with Crippen molar-refractivity contribution in [1.29, 1.82) is 0 Å². The number of nitrogens with zero attached hydrogens (tertiary/aromatic N) is 2. The van der Waals surface area contributed by atoms with Crippen molar-refractivity contribution in [2.24, 2.45) is 11.0 Å². The van der Waals surface area contributed by atoms with E-state index >= 15 is 0 Å². The Labute approximate surface area is 131 Å². The molecule has 2 atom stereocenters. The summed E-state index contributed by atoms with van der Waals surface area (Å²) in [5, 5.41) is 15.1. The van der Waals surface area contributed by atoms with Crippen molar-refractivity contribution in [3.05, 3.63) is 35.9 Å². The Bertz CT molecular complexity index is 630. The van der Waals surface area contributed by atoms with E-state index in [9.17, 15) is 23.1 Å². The molecule has 1 aromatic carbocycles. The minimum Gasteiger partial charge on any atom is -0.368 e. The van der Waals surface area contributed by atoms with Crippen LogP contribution in [-0.2, 0) is 0 Å². The number of amides is 1. The first-order valence-corrected chi connectivity index (χ1v) is 7.62. The molecule has 1 aliphatic heterocycles. The van der Waals surface area contributed by atoms with Gasteiger partial charge in [-0.1, -0.05) is 31.0 Å². The molecule has 0 spiro atoms. The Hall–Kier alpha value is -1.89. The molecule has 23 heavy (non-hydrogen) atoms. The molecule has 1 amide bonds. The summed E-state index contributed by atoms with van der Waals surface area (Å²) in [4.78, 5) is 12.6. The lowest BCUT2D eigenvalue weighted by molar-refractivity contribution is -0.108. The molecule has 1 saturated carbocycles. The highest BCUT2D eigenvalue weighted by Gasteiger charge is 2.59. The molecule has 1 aliphatic carbocycles. The van der Waals surface area contributed by atoms with Crippen LogP contribution < -0.4 is 0 Å². The number of halogens is 3. The molecular weight excluding hydrogens is 309 g/mol. The Morgan fingerprint density at radius 3 is 2.57 bits per heavy atom. The summed E-state index contributed by atoms with van der Waals surface area (Å²) in [6, 6.07) is 7.93. The maximum absolute atomic E-state index is 13.3. The highest BCUT2D eigenvalue weighted by Crippen LogP contribution is 2.45. The van der Waals surface area contributed by atoms with Crippen molar-refractivity contribution >= 4 is 11.6 Å². The highest BCUT2D eigenvalue weighted by atomic mass is 19.4. The molecule has 0 bridgehead atoms. The monoisotopic (exact) mass is 326 g/mol. The van der Waals surface area contributed by atoms with Crippen LogP contribution in [0.3, 0.4) is 0 Å². The lowest BCUT2D eigenvalue weighted by Crippen LogP contribution is -2.51. The number of alkyl halides is 3. The lowest BCUT2D eigenvalue weighted by Gasteiger charge is -2.35. The summed E-state index contributed by atoms with van der Waals surface area (Å²) in [5.41, 5.74) is -2.74. The van der Waals surface area contributed by atoms with Crippen LogP contribution in [0, 0.1) is 5.92 Å². The van der Waals surface area contributed by atoms with Gasteiger partial charge >= 0.3 is 6.18 Å². The molecule has 0 unspecified atom stereocenters. The standard InChI is InChI=1S/C16H17F3N2O2/c17-16(18,19)13-12-9-5-2-6-10-15(12,23)21(20-13)14(22)11-7-3-1-4-8-11/h1,3-4,7-8,12,23H,2,5-6,9-10H2/t12-,15-/m1/s1. The summed E-state index contributed by atoms with van der Waals surface area (Å²) in [6.07, 6.45) is -2.51. The number of benzene rings is 1. The van der Waals surface area contributed by atoms with Crippen molar-refractivity contribution in [2.45, 2.75) is 44.0 Å². The zero-order valence-corrected chi connectivity index (χ0v) is 12.4. The Kier molecular flexibility index (Phi) is 3.91. The molecule has 0 radical (unpaired) electrons. The molecule has 1 aromatic rings. The molecule has 0 aromatic heterocycles. The smallest absolute Gasteiger partial charge is 0.368 e. The first-order valence-electron chi connectivity index (χ1n) is 7.62. The molecule has 0 saturated heterocycles. The van der Waals surface area contributed by atoms with Gasteiger partial charge in [0, 0.05) is 5.56 Å². The zero-order chi connectivity index (χ0) is 16.7. The number of hydrazone groups is 1. The number of rotatable bonds is 1. The molecule has 4 nitrogen and oxygen atoms in total. The van der Waals surface area contributed by atoms with E-state index in [1.54, 1.807) is 18.2 Å². The van der Waals surface area contributed by atoms with E-state index in [0.29, 0.717) is 17.9 Å². The fraction of sp³-hybridized carbons (Fsp3) is 0.500. The van der Waals surface area contributed by atoms with Crippen LogP contribution >= 0.6 is 0 Å². The minimum absolute atomic E-state index is 0.0965. The number of carbonyl (C=O) groups excluding carboxylic acids is 1. The molecule has 7 heteroatoms. The third kappa shape index (κ3) is 2.73. The molecule has 1 fully saturated rings. The van der Waals surface area contributed by atoms with Gasteiger partial charge < -0.3 is 5.11 Å². The molecule has 2 aliphatic rings. The second-order valence-electron chi connectivity index (χ2n) is 6.00. The van der Waals surface area contributed by atoms with Gasteiger partial charge in [-0.3, -0.25) is 4.79 Å². The van der Waals surface area contributed by atoms with Gasteiger partial charge in [0.2, 0.25) is 0 Å². The molecule has 3 rings (SSSR count). The Morgan fingerprint density at radius 2 is 1.91 bits per heavy atom.